The van der Waals surface area contributed by atoms with Crippen molar-refractivity contribution in [1.29, 1.82) is 0 Å². The number of halogens is 3. The molecule has 0 saturated heterocycles. The monoisotopic (exact) mass is 694 g/mol. The van der Waals surface area contributed by atoms with Crippen LogP contribution in [-0.2, 0) is 35.2 Å². The third-order valence-corrected chi connectivity index (χ3v) is 8.52. The van der Waals surface area contributed by atoms with Crippen molar-refractivity contribution in [3.05, 3.63) is 118 Å². The zero-order chi connectivity index (χ0) is 35.3. The summed E-state index contributed by atoms with van der Waals surface area (Å²) in [6, 6.07) is 15.9. The van der Waals surface area contributed by atoms with Crippen molar-refractivity contribution in [3.63, 3.8) is 0 Å². The second-order valence-corrected chi connectivity index (χ2v) is 12.9. The standard InChI is InChI=1S/C35H34F3N5O5S/c1-21(2)48-32(46)24-10-12-26(13-11-24)40-33(47)41-30(16-23-8-14-28(44)15-9-23)31(45)39-17-27-20-42-18-22(3)49-34(42)43(27)19-25-6-4-5-7-29(25)35(36,37)38/h4-15,18,20-21,30H,16-17,19H2,1-3H3,(H3-,39,40,41,44,45,46,47)/p+1/t30-/m0/s1. The highest BCUT2D eigenvalue weighted by atomic mass is 32.1. The Kier molecular flexibility index (Phi) is 10.6. The number of hydrogen-bond acceptors (Lipinski definition) is 6. The molecule has 10 nitrogen and oxygen atoms in total. The highest BCUT2D eigenvalue weighted by Gasteiger charge is 2.34. The molecule has 3 amide bonds. The predicted octanol–water partition coefficient (Wildman–Crippen LogP) is 5.98. The fourth-order valence-electron chi connectivity index (χ4n) is 5.20. The number of fused-ring (bicyclic) bond motifs is 1. The van der Waals surface area contributed by atoms with Gasteiger partial charge in [0.2, 0.25) is 5.91 Å². The smallest absolute Gasteiger partial charge is 0.416 e. The third kappa shape index (κ3) is 8.96. The van der Waals surface area contributed by atoms with E-state index in [1.807, 2.05) is 17.5 Å². The summed E-state index contributed by atoms with van der Waals surface area (Å²) < 4.78 is 50.2. The molecule has 0 spiro atoms. The van der Waals surface area contributed by atoms with Crippen LogP contribution in [0, 0.1) is 6.92 Å². The quantitative estimate of drug-likeness (QED) is 0.100. The average molecular weight is 695 g/mol. The van der Waals surface area contributed by atoms with Crippen LogP contribution in [0.15, 0.2) is 85.2 Å². The number of carbonyl (C=O) groups excluding carboxylic acids is 3. The number of urea groups is 1. The summed E-state index contributed by atoms with van der Waals surface area (Å²) in [6.07, 6.45) is -1.14. The van der Waals surface area contributed by atoms with E-state index < -0.39 is 35.7 Å². The van der Waals surface area contributed by atoms with Crippen LogP contribution in [0.2, 0.25) is 0 Å². The largest absolute Gasteiger partial charge is 0.508 e. The second-order valence-electron chi connectivity index (χ2n) is 11.7. The number of alkyl halides is 3. The Labute approximate surface area is 284 Å². The summed E-state index contributed by atoms with van der Waals surface area (Å²) in [5.74, 6) is -1.000. The lowest BCUT2D eigenvalue weighted by Gasteiger charge is -2.19. The van der Waals surface area contributed by atoms with Gasteiger partial charge in [-0.15, -0.1) is 0 Å². The lowest BCUT2D eigenvalue weighted by molar-refractivity contribution is -0.506. The number of hydrogen-bond donors (Lipinski definition) is 4. The minimum Gasteiger partial charge on any atom is -0.508 e. The molecule has 4 N–H and O–H groups in total. The number of amides is 3. The molecule has 0 saturated carbocycles. The van der Waals surface area contributed by atoms with Crippen LogP contribution < -0.4 is 20.4 Å². The number of phenolic OH excluding ortho intramolecular Hbond substituents is 1. The van der Waals surface area contributed by atoms with Crippen molar-refractivity contribution >= 4 is 39.9 Å². The van der Waals surface area contributed by atoms with E-state index in [-0.39, 0.29) is 36.9 Å². The van der Waals surface area contributed by atoms with Gasteiger partial charge in [-0.1, -0.05) is 41.7 Å². The van der Waals surface area contributed by atoms with Crippen LogP contribution in [0.25, 0.3) is 4.96 Å². The van der Waals surface area contributed by atoms with Crippen LogP contribution in [-0.4, -0.2) is 39.7 Å². The highest BCUT2D eigenvalue weighted by molar-refractivity contribution is 7.16. The Bertz CT molecular complexity index is 1950. The van der Waals surface area contributed by atoms with Gasteiger partial charge in [0, 0.05) is 22.5 Å². The average Bonchev–Trinajstić information content (AvgIpc) is 3.56. The van der Waals surface area contributed by atoms with Crippen molar-refractivity contribution in [2.75, 3.05) is 5.32 Å². The first kappa shape index (κ1) is 35.0. The molecule has 0 aliphatic rings. The molecule has 3 aromatic carbocycles. The lowest BCUT2D eigenvalue weighted by Crippen LogP contribution is -2.49. The Hall–Kier alpha value is -5.37. The molecule has 0 radical (unpaired) electrons. The van der Waals surface area contributed by atoms with Crippen LogP contribution in [0.5, 0.6) is 5.75 Å². The maximum Gasteiger partial charge on any atom is 0.416 e. The summed E-state index contributed by atoms with van der Waals surface area (Å²) >= 11 is 1.41. The lowest BCUT2D eigenvalue weighted by atomic mass is 10.0. The van der Waals surface area contributed by atoms with Gasteiger partial charge >= 0.3 is 23.1 Å². The zero-order valence-electron chi connectivity index (χ0n) is 26.9. The molecular weight excluding hydrogens is 659 g/mol. The molecule has 0 fully saturated rings. The minimum absolute atomic E-state index is 0.0379. The van der Waals surface area contributed by atoms with E-state index in [0.29, 0.717) is 27.5 Å². The maximum atomic E-state index is 13.8. The summed E-state index contributed by atoms with van der Waals surface area (Å²) in [6.45, 7) is 5.25. The SMILES string of the molecule is Cc1c[n+]2cc(CNC(=O)[C@H](Cc3ccc(O)cc3)NC(=O)Nc3ccc(C(=O)OC(C)C)cc3)n(Cc3ccccc3C(F)(F)F)c2s1. The van der Waals surface area contributed by atoms with Gasteiger partial charge in [-0.25, -0.2) is 14.2 Å². The van der Waals surface area contributed by atoms with Crippen LogP contribution >= 0.6 is 11.3 Å². The van der Waals surface area contributed by atoms with Crippen LogP contribution in [0.4, 0.5) is 23.7 Å². The fourth-order valence-corrected chi connectivity index (χ4v) is 6.16. The molecule has 5 rings (SSSR count). The summed E-state index contributed by atoms with van der Waals surface area (Å²) in [5, 5.41) is 17.9. The number of aromatic hydroxyl groups is 1. The first-order valence-corrected chi connectivity index (χ1v) is 16.2. The second kappa shape index (κ2) is 14.8. The van der Waals surface area contributed by atoms with E-state index in [4.69, 9.17) is 4.74 Å². The van der Waals surface area contributed by atoms with Crippen molar-refractivity contribution in [2.45, 2.75) is 58.6 Å². The number of thiazole rings is 1. The summed E-state index contributed by atoms with van der Waals surface area (Å²) in [5.41, 5.74) is 1.24. The number of aryl methyl sites for hydroxylation is 1. The molecule has 0 aliphatic carbocycles. The number of phenols is 1. The van der Waals surface area contributed by atoms with E-state index >= 15 is 0 Å². The first-order chi connectivity index (χ1) is 23.3. The molecular formula is C35H35F3N5O5S+. The Morgan fingerprint density at radius 1 is 0.980 bits per heavy atom. The zero-order valence-corrected chi connectivity index (χ0v) is 27.7. The van der Waals surface area contributed by atoms with Crippen molar-refractivity contribution in [3.8, 4) is 5.75 Å². The Balaban J connectivity index is 1.33. The minimum atomic E-state index is -4.54. The number of nitrogens with zero attached hydrogens (tertiary/aromatic N) is 2. The molecule has 0 aliphatic heterocycles. The number of carbonyl (C=O) groups is 3. The molecule has 1 atom stereocenters. The van der Waals surface area contributed by atoms with E-state index in [0.717, 1.165) is 10.9 Å². The Morgan fingerprint density at radius 3 is 2.35 bits per heavy atom. The molecule has 5 aromatic rings. The van der Waals surface area contributed by atoms with Gasteiger partial charge in [0.25, 0.3) is 0 Å². The fraction of sp³-hybridized carbons (Fsp3) is 0.257. The first-order valence-electron chi connectivity index (χ1n) is 15.4. The van der Waals surface area contributed by atoms with Gasteiger partial charge in [-0.05, 0) is 68.8 Å². The number of anilines is 1. The summed E-state index contributed by atoms with van der Waals surface area (Å²) in [4.78, 5) is 40.5. The van der Waals surface area contributed by atoms with Gasteiger partial charge in [0.1, 0.15) is 30.7 Å². The van der Waals surface area contributed by atoms with Gasteiger partial charge in [-0.2, -0.15) is 17.6 Å². The highest BCUT2D eigenvalue weighted by Crippen LogP contribution is 2.33. The predicted molar refractivity (Wildman–Crippen MR) is 177 cm³/mol. The third-order valence-electron chi connectivity index (χ3n) is 7.47. The molecule has 2 aromatic heterocycles. The van der Waals surface area contributed by atoms with Crippen molar-refractivity contribution < 1.29 is 41.8 Å². The molecule has 0 unspecified atom stereocenters. The maximum absolute atomic E-state index is 13.8. The van der Waals surface area contributed by atoms with E-state index in [9.17, 15) is 32.7 Å². The van der Waals surface area contributed by atoms with Gasteiger partial charge in [-0.3, -0.25) is 4.79 Å². The number of benzene rings is 3. The number of rotatable bonds is 11. The molecule has 14 heteroatoms. The number of imidazole rings is 1. The van der Waals surface area contributed by atoms with Crippen LogP contribution in [0.1, 0.15) is 51.5 Å². The molecule has 49 heavy (non-hydrogen) atoms. The van der Waals surface area contributed by atoms with Crippen molar-refractivity contribution in [2.24, 2.45) is 0 Å². The van der Waals surface area contributed by atoms with E-state index in [1.54, 1.807) is 42.8 Å². The van der Waals surface area contributed by atoms with Gasteiger partial charge in [0.15, 0.2) is 5.69 Å². The van der Waals surface area contributed by atoms with E-state index in [2.05, 4.69) is 16.0 Å². The number of esters is 1. The normalized spacial score (nSPS) is 12.1. The topological polar surface area (TPSA) is 126 Å². The molecule has 2 heterocycles. The number of ether oxygens (including phenoxy) is 1. The molecule has 0 bridgehead atoms. The number of aromatic nitrogens is 2. The molecule has 256 valence electrons. The van der Waals surface area contributed by atoms with Crippen LogP contribution in [0.3, 0.4) is 0 Å². The number of nitrogens with one attached hydrogen (secondary N) is 3. The van der Waals surface area contributed by atoms with Gasteiger partial charge in [0.05, 0.1) is 23.8 Å². The van der Waals surface area contributed by atoms with Crippen molar-refractivity contribution in [1.82, 2.24) is 15.2 Å². The van der Waals surface area contributed by atoms with E-state index in [1.165, 1.54) is 59.9 Å². The van der Waals surface area contributed by atoms with Gasteiger partial charge < -0.3 is 25.8 Å². The Morgan fingerprint density at radius 2 is 1.67 bits per heavy atom. The summed E-state index contributed by atoms with van der Waals surface area (Å²) in [7, 11) is 0.